The van der Waals surface area contributed by atoms with Gasteiger partial charge in [-0.1, -0.05) is 0 Å². The van der Waals surface area contributed by atoms with Gasteiger partial charge >= 0.3 is 5.97 Å². The molecule has 3 N–H and O–H groups in total. The first kappa shape index (κ1) is 12.6. The van der Waals surface area contributed by atoms with Crippen LogP contribution < -0.4 is 10.1 Å². The highest BCUT2D eigenvalue weighted by Gasteiger charge is 2.08. The largest absolute Gasteiger partial charge is 0.482 e. The first-order chi connectivity index (χ1) is 9.15. The summed E-state index contributed by atoms with van der Waals surface area (Å²) in [4.78, 5) is 22.0. The molecule has 0 radical (unpaired) electrons. The quantitative estimate of drug-likeness (QED) is 0.723. The van der Waals surface area contributed by atoms with Crippen molar-refractivity contribution in [3.63, 3.8) is 0 Å². The second-order valence-corrected chi connectivity index (χ2v) is 3.52. The van der Waals surface area contributed by atoms with E-state index < -0.39 is 18.5 Å². The number of nitrogens with zero attached hydrogens (tertiary/aromatic N) is 2. The van der Waals surface area contributed by atoms with Gasteiger partial charge in [-0.05, 0) is 24.3 Å². The van der Waals surface area contributed by atoms with E-state index in [1.165, 1.54) is 6.20 Å². The maximum atomic E-state index is 11.6. The highest BCUT2D eigenvalue weighted by atomic mass is 16.5. The molecule has 2 aromatic rings. The van der Waals surface area contributed by atoms with Crippen molar-refractivity contribution in [3.05, 3.63) is 36.2 Å². The number of aromatic amines is 1. The summed E-state index contributed by atoms with van der Waals surface area (Å²) in [6, 6.07) is 6.30. The third kappa shape index (κ3) is 3.53. The van der Waals surface area contributed by atoms with E-state index in [9.17, 15) is 9.59 Å². The van der Waals surface area contributed by atoms with Crippen LogP contribution in [0.4, 0.5) is 5.69 Å². The number of benzene rings is 1. The van der Waals surface area contributed by atoms with Crippen LogP contribution in [-0.2, 0) is 4.79 Å². The molecule has 0 fully saturated rings. The Labute approximate surface area is 107 Å². The summed E-state index contributed by atoms with van der Waals surface area (Å²) in [6.07, 6.45) is 1.31. The van der Waals surface area contributed by atoms with E-state index in [-0.39, 0.29) is 5.69 Å². The number of aliphatic carboxylic acids is 1. The fourth-order valence-corrected chi connectivity index (χ4v) is 1.29. The van der Waals surface area contributed by atoms with Crippen molar-refractivity contribution in [2.24, 2.45) is 0 Å². The maximum absolute atomic E-state index is 11.6. The van der Waals surface area contributed by atoms with Crippen LogP contribution in [0, 0.1) is 0 Å². The van der Waals surface area contributed by atoms with Crippen LogP contribution in [0.5, 0.6) is 5.75 Å². The number of nitrogens with one attached hydrogen (secondary N) is 2. The van der Waals surface area contributed by atoms with E-state index in [0.717, 1.165) is 0 Å². The van der Waals surface area contributed by atoms with Crippen LogP contribution >= 0.6 is 0 Å². The molecule has 1 aromatic heterocycles. The normalized spacial score (nSPS) is 9.89. The Balaban J connectivity index is 1.95. The molecule has 0 aliphatic carbocycles. The van der Waals surface area contributed by atoms with Gasteiger partial charge in [0.15, 0.2) is 12.3 Å². The summed E-state index contributed by atoms with van der Waals surface area (Å²) in [6.45, 7) is -0.412. The predicted molar refractivity (Wildman–Crippen MR) is 63.9 cm³/mol. The summed E-state index contributed by atoms with van der Waals surface area (Å²) in [5.41, 5.74) is 0.710. The molecular formula is C11H10N4O4. The van der Waals surface area contributed by atoms with Gasteiger partial charge in [0.25, 0.3) is 5.91 Å². The number of anilines is 1. The summed E-state index contributed by atoms with van der Waals surface area (Å²) in [5, 5.41) is 20.6. The lowest BCUT2D eigenvalue weighted by Crippen LogP contribution is -2.12. The molecule has 0 saturated carbocycles. The number of H-pyrrole nitrogens is 1. The Morgan fingerprint density at radius 1 is 1.32 bits per heavy atom. The number of carbonyl (C=O) groups excluding carboxylic acids is 1. The highest BCUT2D eigenvalue weighted by Crippen LogP contribution is 2.16. The third-order valence-corrected chi connectivity index (χ3v) is 2.12. The van der Waals surface area contributed by atoms with E-state index >= 15 is 0 Å². The minimum atomic E-state index is -1.05. The lowest BCUT2D eigenvalue weighted by Gasteiger charge is -2.05. The summed E-state index contributed by atoms with van der Waals surface area (Å²) in [7, 11) is 0. The number of carboxylic acids is 1. The van der Waals surface area contributed by atoms with Gasteiger partial charge in [0.2, 0.25) is 0 Å². The van der Waals surface area contributed by atoms with Crippen molar-refractivity contribution < 1.29 is 19.4 Å². The van der Waals surface area contributed by atoms with Gasteiger partial charge in [0, 0.05) is 5.69 Å². The number of aromatic nitrogens is 3. The van der Waals surface area contributed by atoms with Crippen molar-refractivity contribution in [2.75, 3.05) is 11.9 Å². The lowest BCUT2D eigenvalue weighted by molar-refractivity contribution is -0.139. The summed E-state index contributed by atoms with van der Waals surface area (Å²) < 4.78 is 4.96. The van der Waals surface area contributed by atoms with Crippen LogP contribution in [0.3, 0.4) is 0 Å². The van der Waals surface area contributed by atoms with E-state index in [1.54, 1.807) is 24.3 Å². The number of rotatable bonds is 5. The molecule has 0 spiro atoms. The number of hydrogen-bond acceptors (Lipinski definition) is 5. The maximum Gasteiger partial charge on any atom is 0.341 e. The Morgan fingerprint density at radius 3 is 2.63 bits per heavy atom. The van der Waals surface area contributed by atoms with Gasteiger partial charge in [-0.2, -0.15) is 15.4 Å². The smallest absolute Gasteiger partial charge is 0.341 e. The number of hydrogen-bond donors (Lipinski definition) is 3. The molecule has 8 heteroatoms. The van der Waals surface area contributed by atoms with E-state index in [2.05, 4.69) is 20.7 Å². The minimum Gasteiger partial charge on any atom is -0.482 e. The van der Waals surface area contributed by atoms with Crippen LogP contribution in [0.25, 0.3) is 0 Å². The average Bonchev–Trinajstić information content (AvgIpc) is 2.92. The number of carbonyl (C=O) groups is 2. The first-order valence-corrected chi connectivity index (χ1v) is 5.27. The Bertz CT molecular complexity index is 565. The molecule has 1 aromatic carbocycles. The van der Waals surface area contributed by atoms with Crippen molar-refractivity contribution in [3.8, 4) is 5.75 Å². The zero-order valence-corrected chi connectivity index (χ0v) is 9.66. The molecule has 0 aliphatic rings. The van der Waals surface area contributed by atoms with Gasteiger partial charge in [0.1, 0.15) is 5.75 Å². The van der Waals surface area contributed by atoms with Gasteiger partial charge in [0.05, 0.1) is 6.20 Å². The molecule has 8 nitrogen and oxygen atoms in total. The number of ether oxygens (including phenoxy) is 1. The fraction of sp³-hybridized carbons (Fsp3) is 0.0909. The molecule has 0 bridgehead atoms. The standard InChI is InChI=1S/C11H10N4O4/c16-10(17)6-19-8-3-1-7(2-4-8)13-11(18)9-5-12-15-14-9/h1-5H,6H2,(H,13,18)(H,16,17)(H,12,14,15). The van der Waals surface area contributed by atoms with Gasteiger partial charge < -0.3 is 15.2 Å². The molecule has 19 heavy (non-hydrogen) atoms. The Hall–Kier alpha value is -2.90. The molecule has 0 saturated heterocycles. The molecule has 2 rings (SSSR count). The average molecular weight is 262 g/mol. The van der Waals surface area contributed by atoms with Crippen molar-refractivity contribution in [1.29, 1.82) is 0 Å². The van der Waals surface area contributed by atoms with Gasteiger partial charge in [-0.3, -0.25) is 4.79 Å². The van der Waals surface area contributed by atoms with E-state index in [1.807, 2.05) is 0 Å². The molecular weight excluding hydrogens is 252 g/mol. The molecule has 1 heterocycles. The van der Waals surface area contributed by atoms with Crippen LogP contribution in [-0.4, -0.2) is 39.0 Å². The molecule has 98 valence electrons. The van der Waals surface area contributed by atoms with Gasteiger partial charge in [-0.15, -0.1) is 0 Å². The summed E-state index contributed by atoms with van der Waals surface area (Å²) in [5.74, 6) is -1.04. The topological polar surface area (TPSA) is 117 Å². The third-order valence-electron chi connectivity index (χ3n) is 2.12. The molecule has 0 atom stereocenters. The lowest BCUT2D eigenvalue weighted by atomic mass is 10.3. The number of amides is 1. The van der Waals surface area contributed by atoms with Crippen molar-refractivity contribution in [1.82, 2.24) is 15.4 Å². The number of carboxylic acid groups (broad SMARTS) is 1. The Morgan fingerprint density at radius 2 is 2.05 bits per heavy atom. The zero-order valence-electron chi connectivity index (χ0n) is 9.66. The second kappa shape index (κ2) is 5.63. The first-order valence-electron chi connectivity index (χ1n) is 5.27. The predicted octanol–water partition coefficient (Wildman–Crippen LogP) is 0.520. The second-order valence-electron chi connectivity index (χ2n) is 3.52. The van der Waals surface area contributed by atoms with Crippen LogP contribution in [0.15, 0.2) is 30.5 Å². The van der Waals surface area contributed by atoms with E-state index in [4.69, 9.17) is 9.84 Å². The fourth-order valence-electron chi connectivity index (χ4n) is 1.29. The minimum absolute atomic E-state index is 0.172. The highest BCUT2D eigenvalue weighted by molar-refractivity contribution is 6.02. The molecule has 0 aliphatic heterocycles. The monoisotopic (exact) mass is 262 g/mol. The van der Waals surface area contributed by atoms with Crippen LogP contribution in [0.1, 0.15) is 10.5 Å². The van der Waals surface area contributed by atoms with E-state index in [0.29, 0.717) is 11.4 Å². The zero-order chi connectivity index (χ0) is 13.7. The SMILES string of the molecule is O=C(O)COc1ccc(NC(=O)c2cn[nH]n2)cc1. The summed E-state index contributed by atoms with van der Waals surface area (Å²) >= 11 is 0. The molecule has 1 amide bonds. The Kier molecular flexibility index (Phi) is 3.72. The van der Waals surface area contributed by atoms with Crippen molar-refractivity contribution in [2.45, 2.75) is 0 Å². The van der Waals surface area contributed by atoms with Gasteiger partial charge in [-0.25, -0.2) is 4.79 Å². The van der Waals surface area contributed by atoms with Crippen molar-refractivity contribution >= 4 is 17.6 Å². The van der Waals surface area contributed by atoms with Crippen LogP contribution in [0.2, 0.25) is 0 Å². The molecule has 0 unspecified atom stereocenters.